The van der Waals surface area contributed by atoms with Gasteiger partial charge in [0.2, 0.25) is 0 Å². The fraction of sp³-hybridized carbons (Fsp3) is 1.00. The van der Waals surface area contributed by atoms with Crippen molar-refractivity contribution in [3.8, 4) is 0 Å². The Morgan fingerprint density at radius 3 is 1.81 bits per heavy atom. The summed E-state index contributed by atoms with van der Waals surface area (Å²) in [4.78, 5) is 0.691. The number of alkyl halides is 1. The van der Waals surface area contributed by atoms with Crippen molar-refractivity contribution in [2.24, 2.45) is 5.92 Å². The van der Waals surface area contributed by atoms with Crippen LogP contribution in [0.5, 0.6) is 0 Å². The quantitative estimate of drug-likeness (QED) is 0.308. The smallest absolute Gasteiger partial charge is 0.0120 e. The molecule has 0 heterocycles. The molecular weight excluding hydrogens is 260 g/mol. The average Bonchev–Trinajstić information content (AvgIpc) is 2.21. The van der Waals surface area contributed by atoms with Gasteiger partial charge in [-0.1, -0.05) is 94.5 Å². The van der Waals surface area contributed by atoms with Gasteiger partial charge in [-0.2, -0.15) is 0 Å². The molecule has 0 aromatic rings. The van der Waals surface area contributed by atoms with Gasteiger partial charge in [0.05, 0.1) is 0 Å². The second-order valence-corrected chi connectivity index (χ2v) is 6.95. The van der Waals surface area contributed by atoms with Gasteiger partial charge in [0.1, 0.15) is 0 Å². The van der Waals surface area contributed by atoms with E-state index in [9.17, 15) is 0 Å². The summed E-state index contributed by atoms with van der Waals surface area (Å²) in [6, 6.07) is 0. The molecule has 2 atom stereocenters. The molecule has 2 unspecified atom stereocenters. The summed E-state index contributed by atoms with van der Waals surface area (Å²) < 4.78 is 0. The van der Waals surface area contributed by atoms with Crippen LogP contribution in [-0.4, -0.2) is 4.83 Å². The van der Waals surface area contributed by atoms with Crippen molar-refractivity contribution in [1.82, 2.24) is 0 Å². The average molecular weight is 291 g/mol. The van der Waals surface area contributed by atoms with Gasteiger partial charge in [-0.15, -0.1) is 0 Å². The van der Waals surface area contributed by atoms with Crippen LogP contribution in [0.25, 0.3) is 0 Å². The minimum Gasteiger partial charge on any atom is -0.0894 e. The molecule has 0 saturated heterocycles. The molecule has 0 amide bonds. The van der Waals surface area contributed by atoms with E-state index >= 15 is 0 Å². The molecular formula is C15H31Br. The Morgan fingerprint density at radius 2 is 1.31 bits per heavy atom. The van der Waals surface area contributed by atoms with E-state index in [0.717, 1.165) is 5.92 Å². The lowest BCUT2D eigenvalue weighted by atomic mass is 9.98. The van der Waals surface area contributed by atoms with E-state index in [1.165, 1.54) is 64.2 Å². The first-order chi connectivity index (χ1) is 7.66. The van der Waals surface area contributed by atoms with Crippen LogP contribution in [0.4, 0.5) is 0 Å². The van der Waals surface area contributed by atoms with E-state index in [0.29, 0.717) is 4.83 Å². The van der Waals surface area contributed by atoms with Gasteiger partial charge in [0.25, 0.3) is 0 Å². The molecule has 0 aliphatic carbocycles. The number of halogens is 1. The maximum absolute atomic E-state index is 3.63. The fourth-order valence-corrected chi connectivity index (χ4v) is 2.94. The van der Waals surface area contributed by atoms with Crippen molar-refractivity contribution in [3.05, 3.63) is 0 Å². The highest BCUT2D eigenvalue weighted by Crippen LogP contribution is 2.19. The maximum Gasteiger partial charge on any atom is 0.0120 e. The van der Waals surface area contributed by atoms with Crippen molar-refractivity contribution >= 4 is 15.9 Å². The minimum absolute atomic E-state index is 0.691. The number of unbranched alkanes of at least 4 members (excludes halogenated alkanes) is 7. The van der Waals surface area contributed by atoms with Crippen LogP contribution in [-0.2, 0) is 0 Å². The Balaban J connectivity index is 3.08. The third-order valence-corrected chi connectivity index (χ3v) is 3.65. The molecule has 98 valence electrons. The number of hydrogen-bond acceptors (Lipinski definition) is 0. The van der Waals surface area contributed by atoms with E-state index in [-0.39, 0.29) is 0 Å². The Hall–Kier alpha value is 0.480. The highest BCUT2D eigenvalue weighted by molar-refractivity contribution is 9.09. The van der Waals surface area contributed by atoms with E-state index in [2.05, 4.69) is 36.7 Å². The van der Waals surface area contributed by atoms with Gasteiger partial charge in [-0.25, -0.2) is 0 Å². The largest absolute Gasteiger partial charge is 0.0894 e. The Labute approximate surface area is 112 Å². The summed E-state index contributed by atoms with van der Waals surface area (Å²) in [6.07, 6.45) is 14.3. The van der Waals surface area contributed by atoms with E-state index < -0.39 is 0 Å². The first-order valence-corrected chi connectivity index (χ1v) is 8.22. The van der Waals surface area contributed by atoms with Crippen LogP contribution >= 0.6 is 15.9 Å². The highest BCUT2D eigenvalue weighted by Gasteiger charge is 2.05. The topological polar surface area (TPSA) is 0 Å². The first-order valence-electron chi connectivity index (χ1n) is 7.30. The van der Waals surface area contributed by atoms with E-state index in [1.54, 1.807) is 0 Å². The summed E-state index contributed by atoms with van der Waals surface area (Å²) in [5, 5.41) is 0. The van der Waals surface area contributed by atoms with Crippen molar-refractivity contribution in [1.29, 1.82) is 0 Å². The SMILES string of the molecule is CCCCCCCCCCC(C)CC(C)Br. The molecule has 16 heavy (non-hydrogen) atoms. The first kappa shape index (κ1) is 16.5. The molecule has 0 aromatic heterocycles. The molecule has 0 fully saturated rings. The Morgan fingerprint density at radius 1 is 0.812 bits per heavy atom. The second-order valence-electron chi connectivity index (χ2n) is 5.39. The third-order valence-electron chi connectivity index (χ3n) is 3.28. The van der Waals surface area contributed by atoms with Crippen LogP contribution < -0.4 is 0 Å². The summed E-state index contributed by atoms with van der Waals surface area (Å²) >= 11 is 3.63. The second kappa shape index (κ2) is 12.0. The minimum atomic E-state index is 0.691. The maximum atomic E-state index is 3.63. The zero-order valence-electron chi connectivity index (χ0n) is 11.6. The number of rotatable bonds is 11. The van der Waals surface area contributed by atoms with Crippen molar-refractivity contribution in [3.63, 3.8) is 0 Å². The van der Waals surface area contributed by atoms with Crippen LogP contribution in [0.15, 0.2) is 0 Å². The number of hydrogen-bond donors (Lipinski definition) is 0. The molecule has 0 nitrogen and oxygen atoms in total. The van der Waals surface area contributed by atoms with Crippen LogP contribution in [0.1, 0.15) is 85.0 Å². The van der Waals surface area contributed by atoms with Gasteiger partial charge in [0, 0.05) is 4.83 Å². The molecule has 1 heteroatoms. The van der Waals surface area contributed by atoms with Crippen molar-refractivity contribution in [2.45, 2.75) is 89.8 Å². The van der Waals surface area contributed by atoms with Gasteiger partial charge in [0.15, 0.2) is 0 Å². The van der Waals surface area contributed by atoms with Gasteiger partial charge in [-0.05, 0) is 12.3 Å². The lowest BCUT2D eigenvalue weighted by molar-refractivity contribution is 0.456. The van der Waals surface area contributed by atoms with Gasteiger partial charge in [-0.3, -0.25) is 0 Å². The predicted octanol–water partition coefficient (Wildman–Crippen LogP) is 6.33. The zero-order valence-corrected chi connectivity index (χ0v) is 13.2. The molecule has 0 aromatic carbocycles. The van der Waals surface area contributed by atoms with Gasteiger partial charge >= 0.3 is 0 Å². The van der Waals surface area contributed by atoms with Crippen LogP contribution in [0, 0.1) is 5.92 Å². The summed E-state index contributed by atoms with van der Waals surface area (Å²) in [7, 11) is 0. The third kappa shape index (κ3) is 12.5. The summed E-state index contributed by atoms with van der Waals surface area (Å²) in [5.74, 6) is 0.898. The van der Waals surface area contributed by atoms with Crippen molar-refractivity contribution in [2.75, 3.05) is 0 Å². The molecule has 0 spiro atoms. The summed E-state index contributed by atoms with van der Waals surface area (Å²) in [5.41, 5.74) is 0. The molecule has 0 rings (SSSR count). The summed E-state index contributed by atoms with van der Waals surface area (Å²) in [6.45, 7) is 6.93. The lowest BCUT2D eigenvalue weighted by Crippen LogP contribution is -2.01. The molecule has 0 aliphatic rings. The normalized spacial score (nSPS) is 15.0. The van der Waals surface area contributed by atoms with Crippen LogP contribution in [0.2, 0.25) is 0 Å². The molecule has 0 radical (unpaired) electrons. The van der Waals surface area contributed by atoms with Gasteiger partial charge < -0.3 is 0 Å². The zero-order chi connectivity index (χ0) is 12.2. The monoisotopic (exact) mass is 290 g/mol. The van der Waals surface area contributed by atoms with Crippen LogP contribution in [0.3, 0.4) is 0 Å². The molecule has 0 saturated carbocycles. The molecule has 0 N–H and O–H groups in total. The van der Waals surface area contributed by atoms with E-state index in [1.807, 2.05) is 0 Å². The fourth-order valence-electron chi connectivity index (χ4n) is 2.30. The predicted molar refractivity (Wildman–Crippen MR) is 79.4 cm³/mol. The molecule has 0 bridgehead atoms. The Kier molecular flexibility index (Phi) is 12.3. The standard InChI is InChI=1S/C15H31Br/c1-4-5-6-7-8-9-10-11-12-14(2)13-15(3)16/h14-15H,4-13H2,1-3H3. The lowest BCUT2D eigenvalue weighted by Gasteiger charge is -2.12. The van der Waals surface area contributed by atoms with Crippen molar-refractivity contribution < 1.29 is 0 Å². The Bertz CT molecular complexity index is 131. The highest BCUT2D eigenvalue weighted by atomic mass is 79.9. The molecule has 0 aliphatic heterocycles. The van der Waals surface area contributed by atoms with E-state index in [4.69, 9.17) is 0 Å².